The number of fused-ring (bicyclic) bond motifs is 1. The van der Waals surface area contributed by atoms with Crippen LogP contribution < -0.4 is 0 Å². The molecule has 1 unspecified atom stereocenters. The minimum absolute atomic E-state index is 0.101. The molecule has 2 amide bonds. The van der Waals surface area contributed by atoms with Crippen LogP contribution in [-0.2, 0) is 34.8 Å². The standard InChI is InChI=1S/C23H31F6N5O5/c1-12-8-33(17(36)11-39-12)9-13(34(20(37)38)21(2,3)4)7-16(35)32-6-5-14-15(10-32)30-19(23(27,28)29)31-18(14)22(24,25)26/h12-13,16,35H,5-11H2,1-4H3,(H,37,38)/t12-,13-,16?/m0/s1. The van der Waals surface area contributed by atoms with Gasteiger partial charge in [0.05, 0.1) is 17.8 Å². The summed E-state index contributed by atoms with van der Waals surface area (Å²) in [6.07, 6.45) is -14.1. The first-order chi connectivity index (χ1) is 17.8. The molecule has 0 saturated carbocycles. The predicted molar refractivity (Wildman–Crippen MR) is 122 cm³/mol. The van der Waals surface area contributed by atoms with Crippen molar-refractivity contribution in [3.8, 4) is 0 Å². The van der Waals surface area contributed by atoms with Crippen LogP contribution in [0.5, 0.6) is 0 Å². The van der Waals surface area contributed by atoms with Crippen molar-refractivity contribution in [2.24, 2.45) is 0 Å². The Morgan fingerprint density at radius 3 is 2.33 bits per heavy atom. The van der Waals surface area contributed by atoms with Gasteiger partial charge in [-0.3, -0.25) is 14.6 Å². The average Bonchev–Trinajstić information content (AvgIpc) is 2.77. The topological polar surface area (TPSA) is 119 Å². The Bertz CT molecular complexity index is 1080. The fourth-order valence-corrected chi connectivity index (χ4v) is 4.91. The van der Waals surface area contributed by atoms with E-state index < -0.39 is 65.6 Å². The normalized spacial score (nSPS) is 20.9. The first-order valence-electron chi connectivity index (χ1n) is 12.2. The molecule has 3 atom stereocenters. The van der Waals surface area contributed by atoms with Crippen molar-refractivity contribution in [1.82, 2.24) is 24.7 Å². The number of aromatic nitrogens is 2. The number of aliphatic hydroxyl groups is 1. The lowest BCUT2D eigenvalue weighted by atomic mass is 9.98. The monoisotopic (exact) mass is 571 g/mol. The van der Waals surface area contributed by atoms with Gasteiger partial charge in [-0.25, -0.2) is 14.8 Å². The maximum atomic E-state index is 13.5. The lowest BCUT2D eigenvalue weighted by Gasteiger charge is -2.44. The summed E-state index contributed by atoms with van der Waals surface area (Å²) < 4.78 is 85.6. The SMILES string of the molecule is C[C@H]1CN(C[C@H](CC(O)N2CCc3c(nc(C(F)(F)F)nc3C(F)(F)F)C2)N(C(=O)O)C(C)(C)C)C(=O)CO1. The van der Waals surface area contributed by atoms with E-state index in [4.69, 9.17) is 4.74 Å². The predicted octanol–water partition coefficient (Wildman–Crippen LogP) is 2.98. The fourth-order valence-electron chi connectivity index (χ4n) is 4.91. The van der Waals surface area contributed by atoms with Crippen molar-refractivity contribution in [3.63, 3.8) is 0 Å². The number of morpholine rings is 1. The van der Waals surface area contributed by atoms with Gasteiger partial charge in [0.2, 0.25) is 11.7 Å². The molecule has 0 radical (unpaired) electrons. The Kier molecular flexibility index (Phi) is 8.72. The summed E-state index contributed by atoms with van der Waals surface area (Å²) in [7, 11) is 0. The maximum absolute atomic E-state index is 13.5. The molecule has 2 N–H and O–H groups in total. The van der Waals surface area contributed by atoms with Crippen molar-refractivity contribution < 1.29 is 50.9 Å². The van der Waals surface area contributed by atoms with Crippen LogP contribution in [0.25, 0.3) is 0 Å². The quantitative estimate of drug-likeness (QED) is 0.501. The van der Waals surface area contributed by atoms with Crippen LogP contribution >= 0.6 is 0 Å². The number of halogens is 6. The van der Waals surface area contributed by atoms with Crippen molar-refractivity contribution in [3.05, 3.63) is 22.8 Å². The summed E-state index contributed by atoms with van der Waals surface area (Å²) >= 11 is 0. The third kappa shape index (κ3) is 7.28. The Labute approximate surface area is 220 Å². The summed E-state index contributed by atoms with van der Waals surface area (Å²) in [6.45, 7) is 5.75. The molecule has 1 aromatic heterocycles. The molecule has 39 heavy (non-hydrogen) atoms. The smallest absolute Gasteiger partial charge is 0.451 e. The number of rotatable bonds is 6. The lowest BCUT2D eigenvalue weighted by Crippen LogP contribution is -2.59. The zero-order valence-electron chi connectivity index (χ0n) is 21.8. The molecule has 0 bridgehead atoms. The number of nitrogens with zero attached hydrogens (tertiary/aromatic N) is 5. The highest BCUT2D eigenvalue weighted by atomic mass is 19.4. The number of carbonyl (C=O) groups is 2. The molecule has 3 rings (SSSR count). The third-order valence-corrected chi connectivity index (χ3v) is 6.57. The second-order valence-corrected chi connectivity index (χ2v) is 10.7. The highest BCUT2D eigenvalue weighted by Crippen LogP contribution is 2.37. The summed E-state index contributed by atoms with van der Waals surface area (Å²) in [5.74, 6) is -2.32. The molecule has 2 aliphatic rings. The van der Waals surface area contributed by atoms with Crippen molar-refractivity contribution >= 4 is 12.0 Å². The summed E-state index contributed by atoms with van der Waals surface area (Å²) in [4.78, 5) is 34.4. The van der Waals surface area contributed by atoms with Crippen molar-refractivity contribution in [2.45, 2.75) is 83.3 Å². The molecule has 3 heterocycles. The molecular weight excluding hydrogens is 540 g/mol. The van der Waals surface area contributed by atoms with Gasteiger partial charge in [0, 0.05) is 43.7 Å². The van der Waals surface area contributed by atoms with E-state index in [0.717, 1.165) is 4.90 Å². The fraction of sp³-hybridized carbons (Fsp3) is 0.739. The molecule has 0 spiro atoms. The van der Waals surface area contributed by atoms with Crippen LogP contribution in [0, 0.1) is 0 Å². The minimum atomic E-state index is -5.22. The summed E-state index contributed by atoms with van der Waals surface area (Å²) in [5, 5.41) is 21.0. The van der Waals surface area contributed by atoms with Crippen LogP contribution in [0.4, 0.5) is 31.1 Å². The molecular formula is C23H31F6N5O5. The highest BCUT2D eigenvalue weighted by Gasteiger charge is 2.44. The maximum Gasteiger partial charge on any atom is 0.451 e. The number of alkyl halides is 6. The second-order valence-electron chi connectivity index (χ2n) is 10.7. The Hall–Kier alpha value is -2.72. The molecule has 1 fully saturated rings. The van der Waals surface area contributed by atoms with Crippen LogP contribution in [0.3, 0.4) is 0 Å². The number of aliphatic hydroxyl groups excluding tert-OH is 1. The summed E-state index contributed by atoms with van der Waals surface area (Å²) in [6, 6.07) is -0.963. The molecule has 2 aliphatic heterocycles. The van der Waals surface area contributed by atoms with Crippen LogP contribution in [0.2, 0.25) is 0 Å². The zero-order valence-corrected chi connectivity index (χ0v) is 21.8. The number of hydrogen-bond donors (Lipinski definition) is 2. The molecule has 220 valence electrons. The van der Waals surface area contributed by atoms with Crippen molar-refractivity contribution in [1.29, 1.82) is 0 Å². The number of amides is 2. The number of hydrogen-bond acceptors (Lipinski definition) is 7. The minimum Gasteiger partial charge on any atom is -0.465 e. The van der Waals surface area contributed by atoms with Gasteiger partial charge in [0.1, 0.15) is 12.8 Å². The van der Waals surface area contributed by atoms with Gasteiger partial charge in [-0.15, -0.1) is 0 Å². The zero-order chi connectivity index (χ0) is 29.5. The van der Waals surface area contributed by atoms with Gasteiger partial charge in [0.15, 0.2) is 5.69 Å². The Morgan fingerprint density at radius 2 is 1.79 bits per heavy atom. The molecule has 1 aromatic rings. The number of carboxylic acid groups (broad SMARTS) is 1. The molecule has 10 nitrogen and oxygen atoms in total. The number of ether oxygens (including phenoxy) is 1. The molecule has 1 saturated heterocycles. The average molecular weight is 572 g/mol. The number of carbonyl (C=O) groups excluding carboxylic acids is 1. The van der Waals surface area contributed by atoms with Gasteiger partial charge in [-0.05, 0) is 34.1 Å². The van der Waals surface area contributed by atoms with Crippen LogP contribution in [-0.4, -0.2) is 97.0 Å². The first-order valence-corrected chi connectivity index (χ1v) is 12.2. The van der Waals surface area contributed by atoms with Gasteiger partial charge in [-0.2, -0.15) is 26.3 Å². The Morgan fingerprint density at radius 1 is 1.15 bits per heavy atom. The van der Waals surface area contributed by atoms with E-state index in [1.807, 2.05) is 0 Å². The van der Waals surface area contributed by atoms with Crippen LogP contribution in [0.15, 0.2) is 0 Å². The van der Waals surface area contributed by atoms with Crippen molar-refractivity contribution in [2.75, 3.05) is 26.2 Å². The first kappa shape index (κ1) is 30.8. The highest BCUT2D eigenvalue weighted by molar-refractivity contribution is 5.78. The van der Waals surface area contributed by atoms with E-state index in [1.165, 1.54) is 9.80 Å². The molecule has 16 heteroatoms. The van der Waals surface area contributed by atoms with E-state index in [0.29, 0.717) is 0 Å². The van der Waals surface area contributed by atoms with E-state index >= 15 is 0 Å². The third-order valence-electron chi connectivity index (χ3n) is 6.57. The van der Waals surface area contributed by atoms with E-state index in [-0.39, 0.29) is 51.1 Å². The molecule has 0 aromatic carbocycles. The van der Waals surface area contributed by atoms with Gasteiger partial charge in [0.25, 0.3) is 0 Å². The van der Waals surface area contributed by atoms with E-state index in [2.05, 4.69) is 9.97 Å². The Balaban J connectivity index is 1.90. The molecule has 0 aliphatic carbocycles. The van der Waals surface area contributed by atoms with Gasteiger partial charge in [-0.1, -0.05) is 0 Å². The van der Waals surface area contributed by atoms with Gasteiger partial charge >= 0.3 is 18.4 Å². The summed E-state index contributed by atoms with van der Waals surface area (Å²) in [5.41, 5.74) is -3.64. The van der Waals surface area contributed by atoms with Crippen LogP contribution in [0.1, 0.15) is 56.9 Å². The lowest BCUT2D eigenvalue weighted by molar-refractivity contribution is -0.154. The van der Waals surface area contributed by atoms with E-state index in [1.54, 1.807) is 27.7 Å². The van der Waals surface area contributed by atoms with E-state index in [9.17, 15) is 46.1 Å². The largest absolute Gasteiger partial charge is 0.465 e. The van der Waals surface area contributed by atoms with Gasteiger partial charge < -0.3 is 19.8 Å². The second kappa shape index (κ2) is 11.0.